The normalized spacial score (nSPS) is 9.62. The molecule has 3 N–H and O–H groups in total. The van der Waals surface area contributed by atoms with E-state index in [0.29, 0.717) is 5.69 Å². The summed E-state index contributed by atoms with van der Waals surface area (Å²) in [5.41, 5.74) is 8.63. The smallest absolute Gasteiger partial charge is 0.139 e. The van der Waals surface area contributed by atoms with E-state index in [4.69, 9.17) is 5.73 Å². The zero-order valence-electron chi connectivity index (χ0n) is 7.67. The number of rotatable bonds is 2. The van der Waals surface area contributed by atoms with Gasteiger partial charge in [0.25, 0.3) is 0 Å². The quantitative estimate of drug-likeness (QED) is 0.536. The summed E-state index contributed by atoms with van der Waals surface area (Å²) in [5, 5.41) is 9.42. The molecule has 0 aliphatic heterocycles. The molecule has 0 saturated carbocycles. The molecule has 2 heteroatoms. The topological polar surface area (TPSA) is 46.2 Å². The number of benzene rings is 1. The molecule has 68 valence electrons. The third kappa shape index (κ3) is 1.43. The number of anilines is 1. The summed E-state index contributed by atoms with van der Waals surface area (Å²) < 4.78 is 0. The number of phenolic OH excluding ortho intramolecular Hbond substituents is 1. The van der Waals surface area contributed by atoms with Crippen LogP contribution < -0.4 is 5.73 Å². The lowest BCUT2D eigenvalue weighted by molar-refractivity contribution is 0.477. The highest BCUT2D eigenvalue weighted by atomic mass is 16.3. The summed E-state index contributed by atoms with van der Waals surface area (Å²) in [6.07, 6.45) is 3.33. The molecule has 0 aliphatic rings. The molecule has 0 spiro atoms. The van der Waals surface area contributed by atoms with Gasteiger partial charge in [0.2, 0.25) is 0 Å². The molecule has 0 aliphatic carbocycles. The average Bonchev–Trinajstić information content (AvgIpc) is 2.10. The summed E-state index contributed by atoms with van der Waals surface area (Å²) in [4.78, 5) is 0. The van der Waals surface area contributed by atoms with E-state index < -0.39 is 0 Å². The molecule has 0 atom stereocenters. The van der Waals surface area contributed by atoms with E-state index in [-0.39, 0.29) is 5.75 Å². The second kappa shape index (κ2) is 3.35. The number of aromatic hydroxyl groups is 1. The van der Waals surface area contributed by atoms with Gasteiger partial charge < -0.3 is 10.8 Å². The first-order valence-electron chi connectivity index (χ1n) is 3.98. The number of aryl methyl sites for hydroxylation is 1. The largest absolute Gasteiger partial charge is 0.506 e. The van der Waals surface area contributed by atoms with E-state index in [1.165, 1.54) is 0 Å². The molecular weight excluding hydrogens is 162 g/mol. The summed E-state index contributed by atoms with van der Waals surface area (Å²) >= 11 is 0. The van der Waals surface area contributed by atoms with Crippen molar-refractivity contribution < 1.29 is 5.11 Å². The van der Waals surface area contributed by atoms with Crippen molar-refractivity contribution in [3.8, 4) is 5.75 Å². The van der Waals surface area contributed by atoms with E-state index in [0.717, 1.165) is 16.7 Å². The Morgan fingerprint density at radius 1 is 1.31 bits per heavy atom. The van der Waals surface area contributed by atoms with Gasteiger partial charge in [0.1, 0.15) is 5.75 Å². The first-order valence-corrected chi connectivity index (χ1v) is 3.98. The second-order valence-electron chi connectivity index (χ2n) is 2.86. The fourth-order valence-electron chi connectivity index (χ4n) is 1.35. The molecule has 0 bridgehead atoms. The van der Waals surface area contributed by atoms with Gasteiger partial charge in [-0.25, -0.2) is 0 Å². The van der Waals surface area contributed by atoms with Gasteiger partial charge in [0.05, 0.1) is 5.69 Å². The standard InChI is InChI=1S/C11H13NO/c1-4-8-7(3)6-10(13)11(12)9(8)5-2/h4-6,13H,1-2,12H2,3H3. The lowest BCUT2D eigenvalue weighted by Gasteiger charge is -2.10. The van der Waals surface area contributed by atoms with Crippen molar-refractivity contribution >= 4 is 17.8 Å². The minimum atomic E-state index is 0.0954. The second-order valence-corrected chi connectivity index (χ2v) is 2.86. The lowest BCUT2D eigenvalue weighted by atomic mass is 9.99. The lowest BCUT2D eigenvalue weighted by Crippen LogP contribution is -1.95. The number of hydrogen-bond acceptors (Lipinski definition) is 2. The van der Waals surface area contributed by atoms with Crippen LogP contribution in [-0.4, -0.2) is 5.11 Å². The fraction of sp³-hybridized carbons (Fsp3) is 0.0909. The first kappa shape index (κ1) is 9.39. The van der Waals surface area contributed by atoms with Crippen LogP contribution in [0.25, 0.3) is 12.2 Å². The molecule has 0 radical (unpaired) electrons. The van der Waals surface area contributed by atoms with Crippen LogP contribution in [0.4, 0.5) is 5.69 Å². The van der Waals surface area contributed by atoms with E-state index in [9.17, 15) is 5.11 Å². The van der Waals surface area contributed by atoms with Gasteiger partial charge in [-0.05, 0) is 24.1 Å². The highest BCUT2D eigenvalue weighted by Gasteiger charge is 2.08. The van der Waals surface area contributed by atoms with Crippen LogP contribution in [0.2, 0.25) is 0 Å². The first-order chi connectivity index (χ1) is 6.11. The molecule has 0 amide bonds. The third-order valence-electron chi connectivity index (χ3n) is 2.04. The van der Waals surface area contributed by atoms with E-state index >= 15 is 0 Å². The fourth-order valence-corrected chi connectivity index (χ4v) is 1.35. The van der Waals surface area contributed by atoms with Crippen molar-refractivity contribution in [1.29, 1.82) is 0 Å². The van der Waals surface area contributed by atoms with Crippen molar-refractivity contribution in [2.24, 2.45) is 0 Å². The zero-order valence-corrected chi connectivity index (χ0v) is 7.67. The molecule has 0 unspecified atom stereocenters. The summed E-state index contributed by atoms with van der Waals surface area (Å²) in [6, 6.07) is 1.62. The third-order valence-corrected chi connectivity index (χ3v) is 2.04. The number of phenols is 1. The van der Waals surface area contributed by atoms with Crippen LogP contribution in [-0.2, 0) is 0 Å². The van der Waals surface area contributed by atoms with Crippen molar-refractivity contribution in [3.05, 3.63) is 35.9 Å². The number of nitrogens with two attached hydrogens (primary N) is 1. The number of nitrogen functional groups attached to an aromatic ring is 1. The average molecular weight is 175 g/mol. The van der Waals surface area contributed by atoms with Crippen molar-refractivity contribution in [2.75, 3.05) is 5.73 Å². The van der Waals surface area contributed by atoms with Crippen LogP contribution in [0.3, 0.4) is 0 Å². The van der Waals surface area contributed by atoms with Crippen molar-refractivity contribution in [1.82, 2.24) is 0 Å². The van der Waals surface area contributed by atoms with Crippen molar-refractivity contribution in [2.45, 2.75) is 6.92 Å². The molecule has 0 aromatic heterocycles. The van der Waals surface area contributed by atoms with Gasteiger partial charge in [0, 0.05) is 5.56 Å². The minimum absolute atomic E-state index is 0.0954. The zero-order chi connectivity index (χ0) is 10.0. The van der Waals surface area contributed by atoms with E-state index in [1.54, 1.807) is 18.2 Å². The maximum absolute atomic E-state index is 9.42. The van der Waals surface area contributed by atoms with Gasteiger partial charge in [-0.1, -0.05) is 25.3 Å². The number of hydrogen-bond donors (Lipinski definition) is 2. The van der Waals surface area contributed by atoms with Crippen LogP contribution in [0.5, 0.6) is 5.75 Å². The summed E-state index contributed by atoms with van der Waals surface area (Å²) in [7, 11) is 0. The van der Waals surface area contributed by atoms with Gasteiger partial charge in [-0.15, -0.1) is 0 Å². The Kier molecular flexibility index (Phi) is 2.42. The predicted octanol–water partition coefficient (Wildman–Crippen LogP) is 2.57. The highest BCUT2D eigenvalue weighted by Crippen LogP contribution is 2.31. The highest BCUT2D eigenvalue weighted by molar-refractivity contribution is 5.79. The van der Waals surface area contributed by atoms with Crippen LogP contribution in [0.15, 0.2) is 19.2 Å². The summed E-state index contributed by atoms with van der Waals surface area (Å²) in [6.45, 7) is 9.22. The Morgan fingerprint density at radius 2 is 1.85 bits per heavy atom. The molecule has 1 aromatic rings. The molecule has 0 heterocycles. The Hall–Kier alpha value is -1.70. The SMILES string of the molecule is C=Cc1c(C)cc(O)c(N)c1C=C. The molecule has 0 fully saturated rings. The Bertz CT molecular complexity index is 367. The minimum Gasteiger partial charge on any atom is -0.506 e. The molecular formula is C11H13NO. The van der Waals surface area contributed by atoms with E-state index in [1.807, 2.05) is 6.92 Å². The van der Waals surface area contributed by atoms with Gasteiger partial charge in [-0.3, -0.25) is 0 Å². The molecule has 1 aromatic carbocycles. The molecule has 0 saturated heterocycles. The van der Waals surface area contributed by atoms with Crippen LogP contribution in [0.1, 0.15) is 16.7 Å². The van der Waals surface area contributed by atoms with Crippen LogP contribution >= 0.6 is 0 Å². The molecule has 13 heavy (non-hydrogen) atoms. The monoisotopic (exact) mass is 175 g/mol. The Labute approximate surface area is 78.0 Å². The Balaban J connectivity index is 3.59. The van der Waals surface area contributed by atoms with Gasteiger partial charge in [0.15, 0.2) is 0 Å². The maximum Gasteiger partial charge on any atom is 0.139 e. The summed E-state index contributed by atoms with van der Waals surface area (Å²) in [5.74, 6) is 0.0954. The van der Waals surface area contributed by atoms with Crippen LogP contribution in [0, 0.1) is 6.92 Å². The molecule has 2 nitrogen and oxygen atoms in total. The maximum atomic E-state index is 9.42. The van der Waals surface area contributed by atoms with E-state index in [2.05, 4.69) is 13.2 Å². The van der Waals surface area contributed by atoms with Crippen molar-refractivity contribution in [3.63, 3.8) is 0 Å². The van der Waals surface area contributed by atoms with Gasteiger partial charge >= 0.3 is 0 Å². The predicted molar refractivity (Wildman–Crippen MR) is 57.4 cm³/mol. The Morgan fingerprint density at radius 3 is 2.31 bits per heavy atom. The van der Waals surface area contributed by atoms with Gasteiger partial charge in [-0.2, -0.15) is 0 Å². The molecule has 1 rings (SSSR count).